The molecule has 2 rings (SSSR count). The maximum absolute atomic E-state index is 8.94. The summed E-state index contributed by atoms with van der Waals surface area (Å²) in [6, 6.07) is 5.99. The molecule has 0 unspecified atom stereocenters. The minimum absolute atomic E-state index is 0.162. The van der Waals surface area contributed by atoms with E-state index in [1.54, 1.807) is 7.11 Å². The fraction of sp³-hybridized carbons (Fsp3) is 0.333. The van der Waals surface area contributed by atoms with Crippen LogP contribution in [-0.4, -0.2) is 23.4 Å². The van der Waals surface area contributed by atoms with Crippen LogP contribution in [0, 0.1) is 6.92 Å². The summed E-state index contributed by atoms with van der Waals surface area (Å²) in [5.74, 6) is 0.868. The first-order valence-corrected chi connectivity index (χ1v) is 5.00. The molecule has 3 nitrogen and oxygen atoms in total. The third-order valence-corrected chi connectivity index (χ3v) is 2.63. The van der Waals surface area contributed by atoms with Crippen LogP contribution in [0.4, 0.5) is 0 Å². The number of nitrogens with zero attached hydrogens (tertiary/aromatic N) is 1. The molecule has 80 valence electrons. The quantitative estimate of drug-likeness (QED) is 0.831. The number of benzene rings is 1. The number of rotatable bonds is 3. The maximum Gasteiger partial charge on any atom is 0.119 e. The van der Waals surface area contributed by atoms with E-state index in [4.69, 9.17) is 9.84 Å². The number of aliphatic hydroxyl groups excluding tert-OH is 1. The Hall–Kier alpha value is -1.48. The van der Waals surface area contributed by atoms with Gasteiger partial charge in [-0.3, -0.25) is 0 Å². The van der Waals surface area contributed by atoms with Crippen molar-refractivity contribution in [2.45, 2.75) is 13.5 Å². The predicted molar refractivity (Wildman–Crippen MR) is 60.3 cm³/mol. The number of hydrogen-bond donors (Lipinski definition) is 1. The van der Waals surface area contributed by atoms with Crippen molar-refractivity contribution < 1.29 is 9.84 Å². The van der Waals surface area contributed by atoms with Gasteiger partial charge in [0.25, 0.3) is 0 Å². The fourth-order valence-electron chi connectivity index (χ4n) is 1.87. The smallest absolute Gasteiger partial charge is 0.119 e. The van der Waals surface area contributed by atoms with E-state index in [1.807, 2.05) is 18.2 Å². The lowest BCUT2D eigenvalue weighted by atomic mass is 10.2. The highest BCUT2D eigenvalue weighted by atomic mass is 16.5. The summed E-state index contributed by atoms with van der Waals surface area (Å²) in [6.07, 6.45) is 2.06. The van der Waals surface area contributed by atoms with Gasteiger partial charge in [-0.2, -0.15) is 0 Å². The summed E-state index contributed by atoms with van der Waals surface area (Å²) in [6.45, 7) is 2.86. The second kappa shape index (κ2) is 3.95. The van der Waals surface area contributed by atoms with Crippen LogP contribution in [0.2, 0.25) is 0 Å². The van der Waals surface area contributed by atoms with Crippen molar-refractivity contribution in [1.82, 2.24) is 4.57 Å². The highest BCUT2D eigenvalue weighted by Crippen LogP contribution is 2.25. The lowest BCUT2D eigenvalue weighted by Gasteiger charge is -2.03. The summed E-state index contributed by atoms with van der Waals surface area (Å²) in [5, 5.41) is 10.1. The number of ether oxygens (including phenoxy) is 1. The minimum Gasteiger partial charge on any atom is -0.497 e. The van der Waals surface area contributed by atoms with Crippen molar-refractivity contribution in [1.29, 1.82) is 0 Å². The molecule has 0 radical (unpaired) electrons. The van der Waals surface area contributed by atoms with Gasteiger partial charge in [-0.25, -0.2) is 0 Å². The summed E-state index contributed by atoms with van der Waals surface area (Å²) < 4.78 is 7.25. The molecule has 1 N–H and O–H groups in total. The zero-order valence-corrected chi connectivity index (χ0v) is 9.03. The van der Waals surface area contributed by atoms with Gasteiger partial charge in [0.2, 0.25) is 0 Å². The Morgan fingerprint density at radius 2 is 2.20 bits per heavy atom. The van der Waals surface area contributed by atoms with Crippen LogP contribution in [0.25, 0.3) is 10.9 Å². The first-order chi connectivity index (χ1) is 7.26. The molecule has 1 aromatic heterocycles. The highest BCUT2D eigenvalue weighted by Gasteiger charge is 2.05. The summed E-state index contributed by atoms with van der Waals surface area (Å²) in [4.78, 5) is 0. The molecular formula is C12H15NO2. The van der Waals surface area contributed by atoms with Crippen molar-refractivity contribution in [3.63, 3.8) is 0 Å². The predicted octanol–water partition coefficient (Wildman–Crippen LogP) is 1.95. The SMILES string of the molecule is COc1ccc2c(c1)c(C)cn2CCO. The van der Waals surface area contributed by atoms with Gasteiger partial charge in [0.15, 0.2) is 0 Å². The van der Waals surface area contributed by atoms with Gasteiger partial charge in [0, 0.05) is 23.6 Å². The zero-order valence-electron chi connectivity index (χ0n) is 9.03. The first kappa shape index (κ1) is 10.1. The van der Waals surface area contributed by atoms with Crippen LogP contribution in [0.1, 0.15) is 5.56 Å². The molecule has 15 heavy (non-hydrogen) atoms. The van der Waals surface area contributed by atoms with Gasteiger partial charge in [-0.1, -0.05) is 0 Å². The molecule has 1 heterocycles. The van der Waals surface area contributed by atoms with Gasteiger partial charge in [0.05, 0.1) is 13.7 Å². The van der Waals surface area contributed by atoms with E-state index in [0.717, 1.165) is 11.3 Å². The number of aliphatic hydroxyl groups is 1. The highest BCUT2D eigenvalue weighted by molar-refractivity contribution is 5.85. The van der Waals surface area contributed by atoms with Crippen molar-refractivity contribution in [3.8, 4) is 5.75 Å². The van der Waals surface area contributed by atoms with Crippen LogP contribution in [-0.2, 0) is 6.54 Å². The molecule has 0 saturated carbocycles. The molecule has 0 saturated heterocycles. The monoisotopic (exact) mass is 205 g/mol. The third-order valence-electron chi connectivity index (χ3n) is 2.63. The van der Waals surface area contributed by atoms with Gasteiger partial charge < -0.3 is 14.4 Å². The van der Waals surface area contributed by atoms with E-state index in [2.05, 4.69) is 17.7 Å². The van der Waals surface area contributed by atoms with E-state index in [-0.39, 0.29) is 6.61 Å². The first-order valence-electron chi connectivity index (χ1n) is 5.00. The standard InChI is InChI=1S/C12H15NO2/c1-9-8-13(5-6-14)12-4-3-10(15-2)7-11(9)12/h3-4,7-8,14H,5-6H2,1-2H3. The Morgan fingerprint density at radius 3 is 2.87 bits per heavy atom. The Balaban J connectivity index is 2.59. The molecule has 1 aromatic carbocycles. The van der Waals surface area contributed by atoms with E-state index >= 15 is 0 Å². The molecule has 0 aliphatic heterocycles. The van der Waals surface area contributed by atoms with Crippen molar-refractivity contribution in [2.75, 3.05) is 13.7 Å². The molecule has 2 aromatic rings. The molecular weight excluding hydrogens is 190 g/mol. The summed E-state index contributed by atoms with van der Waals surface area (Å²) in [7, 11) is 1.67. The molecule has 3 heteroatoms. The van der Waals surface area contributed by atoms with E-state index in [9.17, 15) is 0 Å². The Morgan fingerprint density at radius 1 is 1.40 bits per heavy atom. The van der Waals surface area contributed by atoms with Gasteiger partial charge in [0.1, 0.15) is 5.75 Å². The minimum atomic E-state index is 0.162. The topological polar surface area (TPSA) is 34.4 Å². The molecule has 0 fully saturated rings. The number of hydrogen-bond acceptors (Lipinski definition) is 2. The van der Waals surface area contributed by atoms with Gasteiger partial charge in [-0.15, -0.1) is 0 Å². The molecule has 0 aliphatic carbocycles. The number of aromatic nitrogens is 1. The Bertz CT molecular complexity index is 474. The lowest BCUT2D eigenvalue weighted by Crippen LogP contribution is -1.99. The third kappa shape index (κ3) is 1.70. The van der Waals surface area contributed by atoms with Crippen LogP contribution in [0.15, 0.2) is 24.4 Å². The average molecular weight is 205 g/mol. The zero-order chi connectivity index (χ0) is 10.8. The second-order valence-corrected chi connectivity index (χ2v) is 3.61. The van der Waals surface area contributed by atoms with Crippen LogP contribution < -0.4 is 4.74 Å². The number of methoxy groups -OCH3 is 1. The fourth-order valence-corrected chi connectivity index (χ4v) is 1.87. The molecule has 0 aliphatic rings. The van der Waals surface area contributed by atoms with Crippen molar-refractivity contribution >= 4 is 10.9 Å². The largest absolute Gasteiger partial charge is 0.497 e. The number of aryl methyl sites for hydroxylation is 1. The second-order valence-electron chi connectivity index (χ2n) is 3.61. The summed E-state index contributed by atoms with van der Waals surface area (Å²) >= 11 is 0. The molecule has 0 atom stereocenters. The van der Waals surface area contributed by atoms with Crippen molar-refractivity contribution in [3.05, 3.63) is 30.0 Å². The van der Waals surface area contributed by atoms with Crippen LogP contribution >= 0.6 is 0 Å². The van der Waals surface area contributed by atoms with Gasteiger partial charge >= 0.3 is 0 Å². The average Bonchev–Trinajstić information content (AvgIpc) is 2.56. The molecule has 0 spiro atoms. The molecule has 0 amide bonds. The molecule has 0 bridgehead atoms. The van der Waals surface area contributed by atoms with Gasteiger partial charge in [-0.05, 0) is 30.7 Å². The Kier molecular flexibility index (Phi) is 2.64. The lowest BCUT2D eigenvalue weighted by molar-refractivity contribution is 0.278. The Labute approximate surface area is 88.9 Å². The summed E-state index contributed by atoms with van der Waals surface area (Å²) in [5.41, 5.74) is 2.35. The number of fused-ring (bicyclic) bond motifs is 1. The maximum atomic E-state index is 8.94. The van der Waals surface area contributed by atoms with Crippen LogP contribution in [0.5, 0.6) is 5.75 Å². The van der Waals surface area contributed by atoms with Crippen molar-refractivity contribution in [2.24, 2.45) is 0 Å². The normalized spacial score (nSPS) is 10.9. The van der Waals surface area contributed by atoms with E-state index in [0.29, 0.717) is 6.54 Å². The van der Waals surface area contributed by atoms with E-state index in [1.165, 1.54) is 10.9 Å². The van der Waals surface area contributed by atoms with Crippen LogP contribution in [0.3, 0.4) is 0 Å². The van der Waals surface area contributed by atoms with E-state index < -0.39 is 0 Å².